The highest BCUT2D eigenvalue weighted by Crippen LogP contribution is 2.14. The Labute approximate surface area is 61.8 Å². The van der Waals surface area contributed by atoms with Crippen molar-refractivity contribution in [3.05, 3.63) is 12.2 Å². The van der Waals surface area contributed by atoms with E-state index in [0.29, 0.717) is 5.95 Å². The Bertz CT molecular complexity index is 118. The molecule has 0 aromatic heterocycles. The van der Waals surface area contributed by atoms with Crippen LogP contribution >= 0.6 is 0 Å². The van der Waals surface area contributed by atoms with Gasteiger partial charge in [0.05, 0.1) is 6.61 Å². The molecule has 0 bridgehead atoms. The highest BCUT2D eigenvalue weighted by molar-refractivity contribution is 4.91. The van der Waals surface area contributed by atoms with Crippen molar-refractivity contribution in [3.63, 3.8) is 0 Å². The average molecular weight is 142 g/mol. The smallest absolute Gasteiger partial charge is 0.321 e. The number of hydrogen-bond acceptors (Lipinski definition) is 2. The van der Waals surface area contributed by atoms with Gasteiger partial charge < -0.3 is 9.47 Å². The second-order valence-corrected chi connectivity index (χ2v) is 2.46. The van der Waals surface area contributed by atoms with Gasteiger partial charge in [0.15, 0.2) is 6.26 Å². The summed E-state index contributed by atoms with van der Waals surface area (Å²) in [5.41, 5.74) is 0. The van der Waals surface area contributed by atoms with Crippen LogP contribution in [0.15, 0.2) is 12.2 Å². The molecule has 0 atom stereocenters. The second kappa shape index (κ2) is 4.20. The van der Waals surface area contributed by atoms with Crippen LogP contribution in [0.2, 0.25) is 0 Å². The van der Waals surface area contributed by atoms with Crippen molar-refractivity contribution in [2.45, 2.75) is 32.6 Å². The van der Waals surface area contributed by atoms with E-state index in [0.717, 1.165) is 13.0 Å². The van der Waals surface area contributed by atoms with Crippen LogP contribution in [0, 0.1) is 0 Å². The molecule has 0 aromatic carbocycles. The van der Waals surface area contributed by atoms with E-state index in [1.54, 1.807) is 6.26 Å². The highest BCUT2D eigenvalue weighted by atomic mass is 16.7. The first kappa shape index (κ1) is 7.45. The topological polar surface area (TPSA) is 21.8 Å². The van der Waals surface area contributed by atoms with Gasteiger partial charge in [-0.05, 0) is 6.42 Å². The third-order valence-electron chi connectivity index (χ3n) is 1.46. The summed E-state index contributed by atoms with van der Waals surface area (Å²) < 4.78 is 9.82. The first-order chi connectivity index (χ1) is 4.93. The molecule has 1 heterocycles. The molecule has 1 aliphatic rings. The predicted octanol–water partition coefficient (Wildman–Crippen LogP) is 2.41. The maximum atomic E-state index is 5.14. The lowest BCUT2D eigenvalue weighted by Gasteiger charge is -1.97. The predicted molar refractivity (Wildman–Crippen MR) is 39.3 cm³/mol. The van der Waals surface area contributed by atoms with Crippen LogP contribution in [-0.2, 0) is 9.47 Å². The van der Waals surface area contributed by atoms with Crippen LogP contribution in [0.4, 0.5) is 0 Å². The summed E-state index contributed by atoms with van der Waals surface area (Å²) in [7, 11) is 0. The number of hydrogen-bond donors (Lipinski definition) is 0. The van der Waals surface area contributed by atoms with Crippen molar-refractivity contribution in [2.75, 3.05) is 6.61 Å². The molecule has 0 radical (unpaired) electrons. The lowest BCUT2D eigenvalue weighted by Crippen LogP contribution is -1.88. The van der Waals surface area contributed by atoms with Crippen LogP contribution in [0.25, 0.3) is 0 Å². The number of rotatable bonds is 6. The summed E-state index contributed by atoms with van der Waals surface area (Å²) in [5, 5.41) is 0. The van der Waals surface area contributed by atoms with Gasteiger partial charge in [-0.25, -0.2) is 0 Å². The average Bonchev–Trinajstić information content (AvgIpc) is 2.71. The van der Waals surface area contributed by atoms with Gasteiger partial charge in [0.2, 0.25) is 0 Å². The third-order valence-corrected chi connectivity index (χ3v) is 1.46. The summed E-state index contributed by atoms with van der Waals surface area (Å²) in [6.45, 7) is 3.01. The Morgan fingerprint density at radius 3 is 2.80 bits per heavy atom. The molecule has 0 saturated carbocycles. The molecule has 0 aliphatic carbocycles. The fourth-order valence-corrected chi connectivity index (χ4v) is 0.794. The van der Waals surface area contributed by atoms with Crippen LogP contribution in [0.1, 0.15) is 32.6 Å². The quantitative estimate of drug-likeness (QED) is 0.531. The largest absolute Gasteiger partial charge is 0.463 e. The minimum Gasteiger partial charge on any atom is -0.463 e. The van der Waals surface area contributed by atoms with Gasteiger partial charge in [-0.15, -0.1) is 0 Å². The van der Waals surface area contributed by atoms with E-state index in [-0.39, 0.29) is 0 Å². The third kappa shape index (κ3) is 3.38. The van der Waals surface area contributed by atoms with Gasteiger partial charge >= 0.3 is 5.95 Å². The molecule has 58 valence electrons. The fourth-order valence-electron chi connectivity index (χ4n) is 0.794. The van der Waals surface area contributed by atoms with Crippen molar-refractivity contribution in [1.29, 1.82) is 0 Å². The zero-order valence-corrected chi connectivity index (χ0v) is 6.43. The summed E-state index contributed by atoms with van der Waals surface area (Å²) in [6.07, 6.45) is 6.63. The van der Waals surface area contributed by atoms with Crippen molar-refractivity contribution in [3.8, 4) is 0 Å². The Morgan fingerprint density at radius 1 is 1.40 bits per heavy atom. The van der Waals surface area contributed by atoms with Crippen LogP contribution < -0.4 is 0 Å². The molecule has 0 spiro atoms. The first-order valence-electron chi connectivity index (χ1n) is 3.93. The van der Waals surface area contributed by atoms with E-state index in [2.05, 4.69) is 11.7 Å². The van der Waals surface area contributed by atoms with Gasteiger partial charge in [-0.1, -0.05) is 26.2 Å². The van der Waals surface area contributed by atoms with Crippen molar-refractivity contribution in [1.82, 2.24) is 0 Å². The molecule has 2 heteroatoms. The van der Waals surface area contributed by atoms with Gasteiger partial charge in [-0.3, -0.25) is 0 Å². The molecule has 0 saturated heterocycles. The molecular weight excluding hydrogens is 128 g/mol. The van der Waals surface area contributed by atoms with E-state index < -0.39 is 0 Å². The molecular formula is C8H14O2. The second-order valence-electron chi connectivity index (χ2n) is 2.46. The SMILES string of the molecule is CCCCCCOC1=CO1. The molecule has 1 rings (SSSR count). The van der Waals surface area contributed by atoms with E-state index in [1.165, 1.54) is 19.3 Å². The zero-order valence-electron chi connectivity index (χ0n) is 6.43. The van der Waals surface area contributed by atoms with Crippen LogP contribution in [0.3, 0.4) is 0 Å². The Kier molecular flexibility index (Phi) is 3.13. The molecule has 0 aromatic rings. The van der Waals surface area contributed by atoms with E-state index in [1.807, 2.05) is 0 Å². The summed E-state index contributed by atoms with van der Waals surface area (Å²) in [4.78, 5) is 0. The molecule has 1 aliphatic heterocycles. The zero-order chi connectivity index (χ0) is 7.23. The normalized spacial score (nSPS) is 13.9. The Balaban J connectivity index is 1.72. The van der Waals surface area contributed by atoms with Gasteiger partial charge in [0.1, 0.15) is 0 Å². The standard InChI is InChI=1S/C8H14O2/c1-2-3-4-5-6-9-8-7-10-8/h7H,2-6H2,1H3. The minimum absolute atomic E-state index is 0.705. The first-order valence-corrected chi connectivity index (χ1v) is 3.93. The van der Waals surface area contributed by atoms with Crippen molar-refractivity contribution >= 4 is 0 Å². The summed E-state index contributed by atoms with van der Waals surface area (Å²) in [6, 6.07) is 0. The lowest BCUT2D eigenvalue weighted by molar-refractivity contribution is 0.150. The number of ether oxygens (including phenoxy) is 2. The maximum absolute atomic E-state index is 5.14. The molecule has 0 unspecified atom stereocenters. The molecule has 10 heavy (non-hydrogen) atoms. The highest BCUT2D eigenvalue weighted by Gasteiger charge is 2.09. The number of unbranched alkanes of at least 4 members (excludes halogenated alkanes) is 3. The Morgan fingerprint density at radius 2 is 2.20 bits per heavy atom. The summed E-state index contributed by atoms with van der Waals surface area (Å²) >= 11 is 0. The van der Waals surface area contributed by atoms with E-state index in [9.17, 15) is 0 Å². The van der Waals surface area contributed by atoms with E-state index in [4.69, 9.17) is 4.74 Å². The molecule has 0 N–H and O–H groups in total. The summed E-state index contributed by atoms with van der Waals surface area (Å²) in [5.74, 6) is 0.705. The van der Waals surface area contributed by atoms with Crippen LogP contribution in [0.5, 0.6) is 0 Å². The monoisotopic (exact) mass is 142 g/mol. The van der Waals surface area contributed by atoms with Crippen molar-refractivity contribution in [2.24, 2.45) is 0 Å². The van der Waals surface area contributed by atoms with Gasteiger partial charge in [0, 0.05) is 0 Å². The lowest BCUT2D eigenvalue weighted by atomic mass is 10.2. The maximum Gasteiger partial charge on any atom is 0.321 e. The molecule has 2 nitrogen and oxygen atoms in total. The Hall–Kier alpha value is -0.660. The van der Waals surface area contributed by atoms with Gasteiger partial charge in [-0.2, -0.15) is 0 Å². The molecule has 0 amide bonds. The van der Waals surface area contributed by atoms with E-state index >= 15 is 0 Å². The minimum atomic E-state index is 0.705. The van der Waals surface area contributed by atoms with Crippen molar-refractivity contribution < 1.29 is 9.47 Å². The van der Waals surface area contributed by atoms with Gasteiger partial charge in [0.25, 0.3) is 0 Å². The molecule has 0 fully saturated rings. The van der Waals surface area contributed by atoms with Crippen LogP contribution in [-0.4, -0.2) is 6.61 Å². The fraction of sp³-hybridized carbons (Fsp3) is 0.750.